The van der Waals surface area contributed by atoms with Crippen molar-refractivity contribution < 1.29 is 19.1 Å². The molecule has 2 fully saturated rings. The molecule has 8 heteroatoms. The lowest BCUT2D eigenvalue weighted by molar-refractivity contribution is -0.125. The van der Waals surface area contributed by atoms with Crippen molar-refractivity contribution in [3.8, 4) is 0 Å². The maximum Gasteiger partial charge on any atom is 0.254 e. The maximum absolute atomic E-state index is 13.0. The predicted molar refractivity (Wildman–Crippen MR) is 89.4 cm³/mol. The van der Waals surface area contributed by atoms with Crippen LogP contribution in [0.2, 0.25) is 0 Å². The Hall–Kier alpha value is -2.61. The Labute approximate surface area is 144 Å². The van der Waals surface area contributed by atoms with Gasteiger partial charge in [-0.15, -0.1) is 0 Å². The molecule has 3 amide bonds. The van der Waals surface area contributed by atoms with Gasteiger partial charge in [0.05, 0.1) is 30.7 Å². The van der Waals surface area contributed by atoms with Crippen molar-refractivity contribution in [1.82, 2.24) is 15.5 Å². The number of rotatable bonds is 1. The van der Waals surface area contributed by atoms with Crippen LogP contribution in [0.3, 0.4) is 0 Å². The molecule has 2 bridgehead atoms. The lowest BCUT2D eigenvalue weighted by Gasteiger charge is -2.28. The molecule has 4 rings (SSSR count). The lowest BCUT2D eigenvalue weighted by Crippen LogP contribution is -2.44. The molecule has 1 aromatic rings. The first-order chi connectivity index (χ1) is 12.1. The quantitative estimate of drug-likeness (QED) is 0.634. The fourth-order valence-electron chi connectivity index (χ4n) is 3.47. The van der Waals surface area contributed by atoms with Gasteiger partial charge < -0.3 is 25.6 Å². The fraction of sp³-hybridized carbons (Fsp3) is 0.471. The van der Waals surface area contributed by atoms with Crippen LogP contribution in [0.1, 0.15) is 20.7 Å². The van der Waals surface area contributed by atoms with Crippen molar-refractivity contribution in [3.63, 3.8) is 0 Å². The minimum absolute atomic E-state index is 0.0573. The molecular weight excluding hydrogens is 324 g/mol. The number of nitrogens with one attached hydrogen (secondary N) is 3. The third-order valence-electron chi connectivity index (χ3n) is 4.76. The van der Waals surface area contributed by atoms with Crippen molar-refractivity contribution in [2.45, 2.75) is 6.04 Å². The third-order valence-corrected chi connectivity index (χ3v) is 4.76. The SMILES string of the molecule is O=C1NCCNc2cc(C(=O)N3CC4COCC(C3)C(=O)N4)ccc21. The number of hydrogen-bond acceptors (Lipinski definition) is 5. The van der Waals surface area contributed by atoms with E-state index in [1.165, 1.54) is 0 Å². The highest BCUT2D eigenvalue weighted by molar-refractivity contribution is 6.03. The summed E-state index contributed by atoms with van der Waals surface area (Å²) >= 11 is 0. The molecule has 2 atom stereocenters. The fourth-order valence-corrected chi connectivity index (χ4v) is 3.47. The van der Waals surface area contributed by atoms with Crippen LogP contribution in [0.25, 0.3) is 0 Å². The van der Waals surface area contributed by atoms with E-state index in [4.69, 9.17) is 4.74 Å². The molecule has 8 nitrogen and oxygen atoms in total. The second kappa shape index (κ2) is 6.36. The third kappa shape index (κ3) is 3.05. The predicted octanol–water partition coefficient (Wildman–Crippen LogP) is -0.571. The second-order valence-electron chi connectivity index (χ2n) is 6.59. The number of amides is 3. The van der Waals surface area contributed by atoms with E-state index in [0.29, 0.717) is 56.2 Å². The molecule has 3 aliphatic heterocycles. The lowest BCUT2D eigenvalue weighted by atomic mass is 10.1. The van der Waals surface area contributed by atoms with Gasteiger partial charge in [-0.3, -0.25) is 14.4 Å². The van der Waals surface area contributed by atoms with E-state index >= 15 is 0 Å². The van der Waals surface area contributed by atoms with Crippen LogP contribution in [-0.4, -0.2) is 68.1 Å². The van der Waals surface area contributed by atoms with Crippen molar-refractivity contribution in [2.75, 3.05) is 44.7 Å². The Morgan fingerprint density at radius 3 is 2.84 bits per heavy atom. The summed E-state index contributed by atoms with van der Waals surface area (Å²) in [5.74, 6) is -0.683. The smallest absolute Gasteiger partial charge is 0.254 e. The van der Waals surface area contributed by atoms with Crippen LogP contribution in [0, 0.1) is 5.92 Å². The Kier molecular flexibility index (Phi) is 4.04. The van der Waals surface area contributed by atoms with Gasteiger partial charge in [0.1, 0.15) is 0 Å². The van der Waals surface area contributed by atoms with Gasteiger partial charge in [0.2, 0.25) is 5.91 Å². The van der Waals surface area contributed by atoms with Crippen LogP contribution < -0.4 is 16.0 Å². The maximum atomic E-state index is 13.0. The Bertz CT molecular complexity index is 735. The largest absolute Gasteiger partial charge is 0.383 e. The summed E-state index contributed by atoms with van der Waals surface area (Å²) in [5.41, 5.74) is 1.70. The molecule has 2 saturated heterocycles. The van der Waals surface area contributed by atoms with Gasteiger partial charge in [-0.25, -0.2) is 0 Å². The highest BCUT2D eigenvalue weighted by Gasteiger charge is 2.35. The number of nitrogens with zero attached hydrogens (tertiary/aromatic N) is 1. The molecule has 0 saturated carbocycles. The standard InChI is InChI=1S/C17H20N4O4/c22-15-11-6-21(7-12(20-15)9-25-8-11)17(24)10-1-2-13-14(5-10)18-3-4-19-16(13)23/h1-2,5,11-12,18H,3-4,6-9H2,(H,19,23)(H,20,22). The van der Waals surface area contributed by atoms with E-state index < -0.39 is 0 Å². The number of ether oxygens (including phenoxy) is 1. The molecular formula is C17H20N4O4. The molecule has 3 N–H and O–H groups in total. The van der Waals surface area contributed by atoms with E-state index in [0.717, 1.165) is 0 Å². The van der Waals surface area contributed by atoms with Crippen LogP contribution >= 0.6 is 0 Å². The van der Waals surface area contributed by atoms with E-state index in [2.05, 4.69) is 16.0 Å². The topological polar surface area (TPSA) is 99.8 Å². The zero-order valence-corrected chi connectivity index (χ0v) is 13.7. The minimum atomic E-state index is -0.346. The Morgan fingerprint density at radius 1 is 1.12 bits per heavy atom. The van der Waals surface area contributed by atoms with Crippen molar-refractivity contribution in [1.29, 1.82) is 0 Å². The number of anilines is 1. The first kappa shape index (κ1) is 15.9. The molecule has 0 spiro atoms. The van der Waals surface area contributed by atoms with Crippen LogP contribution in [0.15, 0.2) is 18.2 Å². The molecule has 0 radical (unpaired) electrons. The first-order valence-electron chi connectivity index (χ1n) is 8.45. The molecule has 2 unspecified atom stereocenters. The normalized spacial score (nSPS) is 25.7. The highest BCUT2D eigenvalue weighted by Crippen LogP contribution is 2.22. The summed E-state index contributed by atoms with van der Waals surface area (Å²) in [6.07, 6.45) is 0. The number of benzene rings is 1. The number of carbonyl (C=O) groups is 3. The minimum Gasteiger partial charge on any atom is -0.383 e. The molecule has 25 heavy (non-hydrogen) atoms. The number of fused-ring (bicyclic) bond motifs is 4. The summed E-state index contributed by atoms with van der Waals surface area (Å²) in [4.78, 5) is 38.7. The summed E-state index contributed by atoms with van der Waals surface area (Å²) in [6.45, 7) is 2.66. The molecule has 0 aliphatic carbocycles. The van der Waals surface area contributed by atoms with Gasteiger partial charge in [0.15, 0.2) is 0 Å². The summed E-state index contributed by atoms with van der Waals surface area (Å²) in [6, 6.07) is 4.87. The van der Waals surface area contributed by atoms with Crippen LogP contribution in [0.4, 0.5) is 5.69 Å². The van der Waals surface area contributed by atoms with Gasteiger partial charge >= 0.3 is 0 Å². The monoisotopic (exact) mass is 344 g/mol. The van der Waals surface area contributed by atoms with Crippen molar-refractivity contribution >= 4 is 23.4 Å². The average molecular weight is 344 g/mol. The molecule has 0 aromatic heterocycles. The zero-order valence-electron chi connectivity index (χ0n) is 13.7. The van der Waals surface area contributed by atoms with E-state index in [1.807, 2.05) is 0 Å². The van der Waals surface area contributed by atoms with E-state index in [1.54, 1.807) is 23.1 Å². The molecule has 3 heterocycles. The summed E-state index contributed by atoms with van der Waals surface area (Å²) < 4.78 is 5.49. The van der Waals surface area contributed by atoms with Gasteiger partial charge in [-0.1, -0.05) is 0 Å². The summed E-state index contributed by atoms with van der Waals surface area (Å²) in [7, 11) is 0. The van der Waals surface area contributed by atoms with E-state index in [-0.39, 0.29) is 29.7 Å². The first-order valence-corrected chi connectivity index (χ1v) is 8.45. The van der Waals surface area contributed by atoms with E-state index in [9.17, 15) is 14.4 Å². The highest BCUT2D eigenvalue weighted by atomic mass is 16.5. The molecule has 132 valence electrons. The van der Waals surface area contributed by atoms with Crippen LogP contribution in [0.5, 0.6) is 0 Å². The van der Waals surface area contributed by atoms with Gasteiger partial charge in [0, 0.05) is 37.4 Å². The number of carbonyl (C=O) groups excluding carboxylic acids is 3. The van der Waals surface area contributed by atoms with Crippen molar-refractivity contribution in [2.24, 2.45) is 5.92 Å². The average Bonchev–Trinajstić information content (AvgIpc) is 2.95. The Balaban J connectivity index is 1.59. The number of hydrogen-bond donors (Lipinski definition) is 3. The Morgan fingerprint density at radius 2 is 1.96 bits per heavy atom. The molecule has 1 aromatic carbocycles. The van der Waals surface area contributed by atoms with Gasteiger partial charge in [-0.05, 0) is 18.2 Å². The van der Waals surface area contributed by atoms with Crippen molar-refractivity contribution in [3.05, 3.63) is 29.3 Å². The second-order valence-corrected chi connectivity index (χ2v) is 6.59. The van der Waals surface area contributed by atoms with Gasteiger partial charge in [-0.2, -0.15) is 0 Å². The molecule has 3 aliphatic rings. The zero-order chi connectivity index (χ0) is 17.4. The van der Waals surface area contributed by atoms with Crippen LogP contribution in [-0.2, 0) is 9.53 Å². The summed E-state index contributed by atoms with van der Waals surface area (Å²) in [5, 5.41) is 8.89. The van der Waals surface area contributed by atoms with Gasteiger partial charge in [0.25, 0.3) is 11.8 Å².